The number of benzene rings is 1. The summed E-state index contributed by atoms with van der Waals surface area (Å²) in [6, 6.07) is 10.9. The monoisotopic (exact) mass is 296 g/mol. The normalized spacial score (nSPS) is 32.4. The van der Waals surface area contributed by atoms with Crippen LogP contribution in [0.4, 0.5) is 0 Å². The molecule has 0 N–H and O–H groups in total. The average Bonchev–Trinajstić information content (AvgIpc) is 2.80. The van der Waals surface area contributed by atoms with Gasteiger partial charge in [-0.25, -0.2) is 0 Å². The molecule has 2 heteroatoms. The summed E-state index contributed by atoms with van der Waals surface area (Å²) in [5.74, 6) is 0.889. The third-order valence-electron chi connectivity index (χ3n) is 3.95. The molecule has 2 aliphatic rings. The van der Waals surface area contributed by atoms with Crippen LogP contribution in [0.1, 0.15) is 32.1 Å². The number of ether oxygens (including phenoxy) is 1. The SMILES string of the molecule is c1ccc([Se]C[C@@H]2C[C@@H]3CCCC[C@@H]3O2)cc1. The molecule has 1 aliphatic carbocycles. The summed E-state index contributed by atoms with van der Waals surface area (Å²) in [5, 5.41) is 1.27. The summed E-state index contributed by atoms with van der Waals surface area (Å²) in [6.07, 6.45) is 8.06. The summed E-state index contributed by atoms with van der Waals surface area (Å²) in [4.78, 5) is 0. The minimum absolute atomic E-state index is 0.559. The van der Waals surface area contributed by atoms with Crippen LogP contribution in [0.2, 0.25) is 5.32 Å². The van der Waals surface area contributed by atoms with Gasteiger partial charge in [0.15, 0.2) is 0 Å². The molecule has 1 nitrogen and oxygen atoms in total. The quantitative estimate of drug-likeness (QED) is 0.779. The van der Waals surface area contributed by atoms with E-state index >= 15 is 0 Å². The van der Waals surface area contributed by atoms with Crippen LogP contribution in [0.15, 0.2) is 30.3 Å². The zero-order chi connectivity index (χ0) is 11.5. The van der Waals surface area contributed by atoms with E-state index in [-0.39, 0.29) is 0 Å². The first-order chi connectivity index (χ1) is 8.42. The zero-order valence-corrected chi connectivity index (χ0v) is 11.9. The van der Waals surface area contributed by atoms with Crippen LogP contribution in [0.5, 0.6) is 0 Å². The maximum atomic E-state index is 6.20. The van der Waals surface area contributed by atoms with Crippen LogP contribution in [0.25, 0.3) is 0 Å². The Labute approximate surface area is 110 Å². The molecule has 1 aromatic rings. The van der Waals surface area contributed by atoms with Crippen molar-refractivity contribution in [2.75, 3.05) is 0 Å². The minimum atomic E-state index is 0.559. The fraction of sp³-hybridized carbons (Fsp3) is 0.600. The van der Waals surface area contributed by atoms with Crippen molar-refractivity contribution in [3.05, 3.63) is 30.3 Å². The molecule has 1 aliphatic heterocycles. The van der Waals surface area contributed by atoms with Crippen LogP contribution >= 0.6 is 0 Å². The first kappa shape index (κ1) is 11.8. The number of hydrogen-bond donors (Lipinski definition) is 0. The number of rotatable bonds is 3. The van der Waals surface area contributed by atoms with Crippen molar-refractivity contribution in [1.82, 2.24) is 0 Å². The Morgan fingerprint density at radius 3 is 2.76 bits per heavy atom. The predicted molar refractivity (Wildman–Crippen MR) is 71.9 cm³/mol. The van der Waals surface area contributed by atoms with Gasteiger partial charge in [-0.3, -0.25) is 0 Å². The van der Waals surface area contributed by atoms with Crippen LogP contribution in [-0.4, -0.2) is 27.2 Å². The van der Waals surface area contributed by atoms with Crippen molar-refractivity contribution < 1.29 is 4.74 Å². The van der Waals surface area contributed by atoms with E-state index in [2.05, 4.69) is 30.3 Å². The van der Waals surface area contributed by atoms with Crippen molar-refractivity contribution in [3.8, 4) is 0 Å². The standard InChI is InChI=1S/C15H20OSe/c1-2-7-14(8-3-1)17-11-13-10-12-6-4-5-9-15(12)16-13/h1-3,7-8,12-13,15H,4-6,9-11H2/t12-,13-,15-/m0/s1. The molecular formula is C15H20OSe. The number of hydrogen-bond acceptors (Lipinski definition) is 1. The van der Waals surface area contributed by atoms with E-state index in [0.717, 1.165) is 5.92 Å². The molecule has 92 valence electrons. The van der Waals surface area contributed by atoms with E-state index in [1.807, 2.05) is 0 Å². The van der Waals surface area contributed by atoms with Crippen molar-refractivity contribution in [3.63, 3.8) is 0 Å². The second kappa shape index (κ2) is 5.56. The van der Waals surface area contributed by atoms with Gasteiger partial charge in [-0.05, 0) is 0 Å². The second-order valence-electron chi connectivity index (χ2n) is 5.20. The van der Waals surface area contributed by atoms with Gasteiger partial charge in [0, 0.05) is 0 Å². The van der Waals surface area contributed by atoms with Crippen molar-refractivity contribution in [1.29, 1.82) is 0 Å². The van der Waals surface area contributed by atoms with E-state index in [0.29, 0.717) is 27.2 Å². The molecule has 3 atom stereocenters. The topological polar surface area (TPSA) is 9.23 Å². The molecule has 0 bridgehead atoms. The Kier molecular flexibility index (Phi) is 3.85. The Bertz CT molecular complexity index is 337. The molecular weight excluding hydrogens is 275 g/mol. The van der Waals surface area contributed by atoms with Gasteiger partial charge in [0.1, 0.15) is 0 Å². The van der Waals surface area contributed by atoms with Crippen LogP contribution in [-0.2, 0) is 4.74 Å². The molecule has 3 rings (SSSR count). The third-order valence-corrected chi connectivity index (χ3v) is 6.35. The summed E-state index contributed by atoms with van der Waals surface area (Å²) < 4.78 is 7.72. The molecule has 1 heterocycles. The Balaban J connectivity index is 1.50. The van der Waals surface area contributed by atoms with Gasteiger partial charge >= 0.3 is 110 Å². The van der Waals surface area contributed by atoms with E-state index in [9.17, 15) is 0 Å². The predicted octanol–water partition coefficient (Wildman–Crippen LogP) is 2.78. The Morgan fingerprint density at radius 1 is 1.12 bits per heavy atom. The van der Waals surface area contributed by atoms with E-state index in [1.54, 1.807) is 0 Å². The maximum absolute atomic E-state index is 6.20. The fourth-order valence-corrected chi connectivity index (χ4v) is 5.05. The molecule has 0 aromatic heterocycles. The first-order valence-electron chi connectivity index (χ1n) is 6.75. The van der Waals surface area contributed by atoms with Gasteiger partial charge in [-0.15, -0.1) is 0 Å². The number of fused-ring (bicyclic) bond motifs is 1. The van der Waals surface area contributed by atoms with Crippen molar-refractivity contribution >= 4 is 19.4 Å². The molecule has 1 saturated heterocycles. The van der Waals surface area contributed by atoms with Crippen LogP contribution in [0, 0.1) is 5.92 Å². The molecule has 2 fully saturated rings. The molecule has 1 saturated carbocycles. The molecule has 0 spiro atoms. The van der Waals surface area contributed by atoms with E-state index < -0.39 is 0 Å². The molecule has 0 amide bonds. The Hall–Kier alpha value is -0.301. The Morgan fingerprint density at radius 2 is 1.94 bits per heavy atom. The van der Waals surface area contributed by atoms with Crippen LogP contribution in [0.3, 0.4) is 0 Å². The van der Waals surface area contributed by atoms with Gasteiger partial charge in [0.05, 0.1) is 0 Å². The second-order valence-corrected chi connectivity index (χ2v) is 7.49. The van der Waals surface area contributed by atoms with Gasteiger partial charge in [0.25, 0.3) is 0 Å². The summed E-state index contributed by atoms with van der Waals surface area (Å²) >= 11 is 0.597. The fourth-order valence-electron chi connectivity index (χ4n) is 3.08. The molecule has 0 radical (unpaired) electrons. The van der Waals surface area contributed by atoms with E-state index in [4.69, 9.17) is 4.74 Å². The van der Waals surface area contributed by atoms with Gasteiger partial charge in [0.2, 0.25) is 0 Å². The summed E-state index contributed by atoms with van der Waals surface area (Å²) in [6.45, 7) is 0. The zero-order valence-electron chi connectivity index (χ0n) is 10.2. The molecule has 1 aromatic carbocycles. The average molecular weight is 295 g/mol. The van der Waals surface area contributed by atoms with Crippen molar-refractivity contribution in [2.45, 2.75) is 49.6 Å². The summed E-state index contributed by atoms with van der Waals surface area (Å²) in [7, 11) is 0. The molecule has 17 heavy (non-hydrogen) atoms. The first-order valence-corrected chi connectivity index (χ1v) is 8.82. The molecule has 0 unspecified atom stereocenters. The summed E-state index contributed by atoms with van der Waals surface area (Å²) in [5.41, 5.74) is 0. The van der Waals surface area contributed by atoms with E-state index in [1.165, 1.54) is 41.9 Å². The van der Waals surface area contributed by atoms with Gasteiger partial charge < -0.3 is 0 Å². The third kappa shape index (κ3) is 2.93. The van der Waals surface area contributed by atoms with Gasteiger partial charge in [-0.2, -0.15) is 0 Å². The van der Waals surface area contributed by atoms with Crippen LogP contribution < -0.4 is 4.46 Å². The van der Waals surface area contributed by atoms with Crippen molar-refractivity contribution in [2.24, 2.45) is 5.92 Å². The van der Waals surface area contributed by atoms with Gasteiger partial charge in [-0.1, -0.05) is 0 Å².